The number of hydrogen-bond acceptors (Lipinski definition) is 8. The Hall–Kier alpha value is -3.91. The lowest BCUT2D eigenvalue weighted by atomic mass is 10.2. The summed E-state index contributed by atoms with van der Waals surface area (Å²) in [7, 11) is 3.04. The van der Waals surface area contributed by atoms with Gasteiger partial charge in [-0.2, -0.15) is 18.2 Å². The topological polar surface area (TPSA) is 134 Å². The summed E-state index contributed by atoms with van der Waals surface area (Å²) in [6, 6.07) is 6.88. The number of fused-ring (bicyclic) bond motifs is 1. The molecule has 0 bridgehead atoms. The summed E-state index contributed by atoms with van der Waals surface area (Å²) in [5.41, 5.74) is 1.91. The zero-order valence-corrected chi connectivity index (χ0v) is 19.2. The molecule has 1 amide bonds. The molecule has 11 nitrogen and oxygen atoms in total. The van der Waals surface area contributed by atoms with E-state index in [4.69, 9.17) is 28.8 Å². The van der Waals surface area contributed by atoms with Gasteiger partial charge in [-0.05, 0) is 6.07 Å². The zero-order valence-electron chi connectivity index (χ0n) is 19.2. The number of alkyl halides is 3. The smallest absolute Gasteiger partial charge is 0.490 e. The number of rotatable bonds is 6. The van der Waals surface area contributed by atoms with Crippen molar-refractivity contribution in [2.75, 3.05) is 39.4 Å². The number of nitrogens with one attached hydrogen (secondary N) is 1. The van der Waals surface area contributed by atoms with E-state index in [0.29, 0.717) is 54.9 Å². The first-order valence-corrected chi connectivity index (χ1v) is 10.5. The number of aromatic nitrogens is 3. The van der Waals surface area contributed by atoms with Gasteiger partial charge >= 0.3 is 12.1 Å². The van der Waals surface area contributed by atoms with E-state index in [1.165, 1.54) is 14.2 Å². The second kappa shape index (κ2) is 11.7. The molecule has 3 aromatic heterocycles. The van der Waals surface area contributed by atoms with E-state index in [0.717, 1.165) is 5.69 Å². The molecule has 0 radical (unpaired) electrons. The van der Waals surface area contributed by atoms with Crippen molar-refractivity contribution < 1.29 is 46.8 Å². The van der Waals surface area contributed by atoms with Gasteiger partial charge in [0.05, 0.1) is 51.4 Å². The quantitative estimate of drug-likeness (QED) is 0.511. The van der Waals surface area contributed by atoms with E-state index < -0.39 is 12.1 Å². The van der Waals surface area contributed by atoms with Gasteiger partial charge in [-0.15, -0.1) is 0 Å². The van der Waals surface area contributed by atoms with Crippen LogP contribution in [0, 0.1) is 0 Å². The first-order valence-electron chi connectivity index (χ1n) is 10.5. The number of pyridine rings is 2. The highest BCUT2D eigenvalue weighted by Gasteiger charge is 2.38. The summed E-state index contributed by atoms with van der Waals surface area (Å²) in [6.45, 7) is 1.77. The number of ether oxygens (including phenoxy) is 4. The average molecular weight is 512 g/mol. The van der Waals surface area contributed by atoms with Crippen molar-refractivity contribution in [1.82, 2.24) is 14.4 Å². The van der Waals surface area contributed by atoms with Gasteiger partial charge in [-0.25, -0.2) is 9.78 Å². The molecule has 4 rings (SSSR count). The molecule has 4 heterocycles. The van der Waals surface area contributed by atoms with E-state index in [2.05, 4.69) is 15.3 Å². The lowest BCUT2D eigenvalue weighted by Crippen LogP contribution is -2.30. The van der Waals surface area contributed by atoms with Crippen molar-refractivity contribution >= 4 is 23.3 Å². The summed E-state index contributed by atoms with van der Waals surface area (Å²) >= 11 is 0. The summed E-state index contributed by atoms with van der Waals surface area (Å²) in [5, 5.41) is 9.89. The molecule has 0 spiro atoms. The summed E-state index contributed by atoms with van der Waals surface area (Å²) < 4.78 is 55.2. The van der Waals surface area contributed by atoms with Crippen LogP contribution in [0.4, 0.5) is 19.0 Å². The standard InChI is InChI=1S/C20H22N4O5.C2HF3O2/c1-26-16-9-18-21-13(8-14-12-28-6-7-29-14)10-24(18)11-15(16)20(25)23-17-4-3-5-19(22-17)27-2;3-2(4,5)1(6)7/h3-5,9-11,14H,6-8,12H2,1-2H3,(H,22,23,25);(H,6,7). The minimum Gasteiger partial charge on any atom is -0.496 e. The van der Waals surface area contributed by atoms with Crippen LogP contribution in [-0.2, 0) is 20.7 Å². The lowest BCUT2D eigenvalue weighted by Gasteiger charge is -2.21. The predicted octanol–water partition coefficient (Wildman–Crippen LogP) is 2.59. The molecule has 1 saturated heterocycles. The molecule has 1 aliphatic rings. The van der Waals surface area contributed by atoms with Crippen LogP contribution in [0.25, 0.3) is 5.65 Å². The normalized spacial score (nSPS) is 15.5. The van der Waals surface area contributed by atoms with Crippen LogP contribution in [0.15, 0.2) is 36.7 Å². The lowest BCUT2D eigenvalue weighted by molar-refractivity contribution is -0.192. The average Bonchev–Trinajstić information content (AvgIpc) is 3.24. The number of amides is 1. The number of methoxy groups -OCH3 is 2. The maximum Gasteiger partial charge on any atom is 0.490 e. The van der Waals surface area contributed by atoms with E-state index in [1.54, 1.807) is 34.9 Å². The molecular formula is C22H23F3N4O7. The highest BCUT2D eigenvalue weighted by molar-refractivity contribution is 6.05. The molecule has 0 aromatic carbocycles. The van der Waals surface area contributed by atoms with E-state index >= 15 is 0 Å². The maximum absolute atomic E-state index is 12.8. The van der Waals surface area contributed by atoms with E-state index in [1.807, 2.05) is 6.20 Å². The summed E-state index contributed by atoms with van der Waals surface area (Å²) in [6.07, 6.45) is -0.886. The van der Waals surface area contributed by atoms with Gasteiger partial charge in [0.2, 0.25) is 5.88 Å². The molecule has 1 atom stereocenters. The highest BCUT2D eigenvalue weighted by Crippen LogP contribution is 2.23. The van der Waals surface area contributed by atoms with E-state index in [-0.39, 0.29) is 12.0 Å². The number of aliphatic carboxylic acids is 1. The van der Waals surface area contributed by atoms with Gasteiger partial charge in [0.25, 0.3) is 5.91 Å². The van der Waals surface area contributed by atoms with Crippen molar-refractivity contribution in [1.29, 1.82) is 0 Å². The van der Waals surface area contributed by atoms with Gasteiger partial charge in [0.1, 0.15) is 17.2 Å². The van der Waals surface area contributed by atoms with E-state index in [9.17, 15) is 18.0 Å². The van der Waals surface area contributed by atoms with Crippen LogP contribution in [-0.4, -0.2) is 77.7 Å². The van der Waals surface area contributed by atoms with Crippen LogP contribution in [0.3, 0.4) is 0 Å². The van der Waals surface area contributed by atoms with Crippen molar-refractivity contribution in [3.05, 3.63) is 47.9 Å². The fraction of sp³-hybridized carbons (Fsp3) is 0.364. The van der Waals surface area contributed by atoms with Gasteiger partial charge in [0, 0.05) is 30.9 Å². The molecule has 0 saturated carbocycles. The van der Waals surface area contributed by atoms with Crippen molar-refractivity contribution in [3.63, 3.8) is 0 Å². The van der Waals surface area contributed by atoms with Gasteiger partial charge < -0.3 is 33.8 Å². The Kier molecular flexibility index (Phi) is 8.66. The number of carboxylic acids is 1. The Morgan fingerprint density at radius 1 is 1.19 bits per heavy atom. The fourth-order valence-electron chi connectivity index (χ4n) is 3.18. The zero-order chi connectivity index (χ0) is 26.3. The number of nitrogens with zero attached hydrogens (tertiary/aromatic N) is 3. The van der Waals surface area contributed by atoms with Crippen molar-refractivity contribution in [2.24, 2.45) is 0 Å². The van der Waals surface area contributed by atoms with Gasteiger partial charge in [0.15, 0.2) is 0 Å². The van der Waals surface area contributed by atoms with Crippen LogP contribution in [0.2, 0.25) is 0 Å². The molecular weight excluding hydrogens is 489 g/mol. The van der Waals surface area contributed by atoms with Crippen LogP contribution in [0.1, 0.15) is 16.1 Å². The Bertz CT molecular complexity index is 1210. The number of carbonyl (C=O) groups is 2. The van der Waals surface area contributed by atoms with Crippen LogP contribution in [0.5, 0.6) is 11.6 Å². The molecule has 1 unspecified atom stereocenters. The number of carbonyl (C=O) groups excluding carboxylic acids is 1. The molecule has 36 heavy (non-hydrogen) atoms. The third-order valence-electron chi connectivity index (χ3n) is 4.81. The largest absolute Gasteiger partial charge is 0.496 e. The fourth-order valence-corrected chi connectivity index (χ4v) is 3.18. The molecule has 1 fully saturated rings. The van der Waals surface area contributed by atoms with Crippen LogP contribution >= 0.6 is 0 Å². The maximum atomic E-state index is 12.8. The Balaban J connectivity index is 0.000000454. The third-order valence-corrected chi connectivity index (χ3v) is 4.81. The number of halogens is 3. The SMILES string of the molecule is COc1cccc(NC(=O)c2cn3cc(CC4COCCO4)nc3cc2OC)n1.O=C(O)C(F)(F)F. The Morgan fingerprint density at radius 2 is 1.94 bits per heavy atom. The number of imidazole rings is 1. The predicted molar refractivity (Wildman–Crippen MR) is 118 cm³/mol. The monoisotopic (exact) mass is 512 g/mol. The molecule has 194 valence electrons. The number of anilines is 1. The minimum atomic E-state index is -5.08. The third kappa shape index (κ3) is 7.05. The molecule has 14 heteroatoms. The number of hydrogen-bond donors (Lipinski definition) is 2. The van der Waals surface area contributed by atoms with Gasteiger partial charge in [-0.3, -0.25) is 4.79 Å². The Labute approximate surface area is 202 Å². The second-order valence-electron chi connectivity index (χ2n) is 7.35. The molecule has 2 N–H and O–H groups in total. The Morgan fingerprint density at radius 3 is 2.56 bits per heavy atom. The van der Waals surface area contributed by atoms with Gasteiger partial charge in [-0.1, -0.05) is 6.07 Å². The molecule has 3 aromatic rings. The summed E-state index contributed by atoms with van der Waals surface area (Å²) in [5.74, 6) is -1.88. The molecule has 0 aliphatic carbocycles. The first kappa shape index (κ1) is 26.7. The molecule has 1 aliphatic heterocycles. The van der Waals surface area contributed by atoms with Crippen LogP contribution < -0.4 is 14.8 Å². The minimum absolute atomic E-state index is 0.0162. The highest BCUT2D eigenvalue weighted by atomic mass is 19.4. The van der Waals surface area contributed by atoms with Crippen molar-refractivity contribution in [2.45, 2.75) is 18.7 Å². The number of carboxylic acid groups (broad SMARTS) is 1. The summed E-state index contributed by atoms with van der Waals surface area (Å²) in [4.78, 5) is 30.5. The van der Waals surface area contributed by atoms with Crippen molar-refractivity contribution in [3.8, 4) is 11.6 Å². The first-order chi connectivity index (χ1) is 17.1. The second-order valence-corrected chi connectivity index (χ2v) is 7.35.